The van der Waals surface area contributed by atoms with Gasteiger partial charge in [-0.25, -0.2) is 0 Å². The van der Waals surface area contributed by atoms with E-state index in [-0.39, 0.29) is 28.2 Å². The Morgan fingerprint density at radius 3 is 2.48 bits per heavy atom. The van der Waals surface area contributed by atoms with Gasteiger partial charge in [0.15, 0.2) is 16.8 Å². The van der Waals surface area contributed by atoms with Gasteiger partial charge in [-0.2, -0.15) is 0 Å². The Hall–Kier alpha value is -2.99. The van der Waals surface area contributed by atoms with Gasteiger partial charge in [0.25, 0.3) is 0 Å². The van der Waals surface area contributed by atoms with Crippen LogP contribution in [-0.4, -0.2) is 42.4 Å². The topological polar surface area (TPSA) is 83.1 Å². The molecule has 0 unspecified atom stereocenters. The Morgan fingerprint density at radius 2 is 1.80 bits per heavy atom. The maximum Gasteiger partial charge on any atom is 0.205 e. The molecule has 2 N–H and O–H groups in total. The van der Waals surface area contributed by atoms with Gasteiger partial charge in [-0.15, -0.1) is 0 Å². The molecule has 0 radical (unpaired) electrons. The minimum atomic E-state index is -0.407. The van der Waals surface area contributed by atoms with E-state index >= 15 is 0 Å². The number of likely N-dealkylation sites (N-methyl/N-ethyl adjacent to an activating group) is 1. The summed E-state index contributed by atoms with van der Waals surface area (Å²) in [7, 11) is 3.79. The summed E-state index contributed by atoms with van der Waals surface area (Å²) in [6, 6.07) is 11.5. The highest BCUT2D eigenvalue weighted by molar-refractivity contribution is 5.91. The van der Waals surface area contributed by atoms with Crippen molar-refractivity contribution in [2.24, 2.45) is 0 Å². The SMILES string of the molecule is CN(C)CCOc1c(O)cc(O)c2c(=O)cc(-c3ccccc3)oc12. The molecule has 0 aliphatic carbocycles. The molecule has 0 saturated carbocycles. The number of nitrogens with zero attached hydrogens (tertiary/aromatic N) is 1. The molecule has 2 aromatic carbocycles. The number of ether oxygens (including phenoxy) is 1. The van der Waals surface area contributed by atoms with Crippen LogP contribution in [0.15, 0.2) is 51.7 Å². The largest absolute Gasteiger partial charge is 0.507 e. The second-order valence-corrected chi connectivity index (χ2v) is 5.94. The lowest BCUT2D eigenvalue weighted by Gasteiger charge is -2.14. The molecule has 3 aromatic rings. The number of rotatable bonds is 5. The van der Waals surface area contributed by atoms with Crippen molar-refractivity contribution in [3.05, 3.63) is 52.7 Å². The molecule has 0 atom stereocenters. The lowest BCUT2D eigenvalue weighted by Crippen LogP contribution is -2.19. The van der Waals surface area contributed by atoms with Gasteiger partial charge in [-0.05, 0) is 14.1 Å². The van der Waals surface area contributed by atoms with E-state index in [4.69, 9.17) is 9.15 Å². The molecular weight excluding hydrogens is 322 g/mol. The molecule has 0 spiro atoms. The summed E-state index contributed by atoms with van der Waals surface area (Å²) in [5.74, 6) is -0.247. The quantitative estimate of drug-likeness (QED) is 0.742. The van der Waals surface area contributed by atoms with Gasteiger partial charge >= 0.3 is 0 Å². The summed E-state index contributed by atoms with van der Waals surface area (Å²) in [5.41, 5.74) is 0.334. The lowest BCUT2D eigenvalue weighted by atomic mass is 10.1. The number of benzene rings is 2. The highest BCUT2D eigenvalue weighted by Gasteiger charge is 2.19. The maximum atomic E-state index is 12.5. The fraction of sp³-hybridized carbons (Fsp3) is 0.211. The minimum Gasteiger partial charge on any atom is -0.507 e. The zero-order valence-corrected chi connectivity index (χ0v) is 14.0. The number of phenols is 2. The molecule has 0 amide bonds. The predicted molar refractivity (Wildman–Crippen MR) is 95.3 cm³/mol. The van der Waals surface area contributed by atoms with E-state index in [0.29, 0.717) is 24.5 Å². The molecule has 0 bridgehead atoms. The average molecular weight is 341 g/mol. The first-order valence-electron chi connectivity index (χ1n) is 7.83. The summed E-state index contributed by atoms with van der Waals surface area (Å²) in [6.07, 6.45) is 0. The van der Waals surface area contributed by atoms with Crippen LogP contribution in [0.2, 0.25) is 0 Å². The number of hydrogen-bond acceptors (Lipinski definition) is 6. The average Bonchev–Trinajstić information content (AvgIpc) is 2.57. The number of aromatic hydroxyl groups is 2. The summed E-state index contributed by atoms with van der Waals surface area (Å²) < 4.78 is 11.4. The van der Waals surface area contributed by atoms with E-state index in [9.17, 15) is 15.0 Å². The van der Waals surface area contributed by atoms with Crippen molar-refractivity contribution < 1.29 is 19.4 Å². The normalized spacial score (nSPS) is 11.2. The molecule has 25 heavy (non-hydrogen) atoms. The Bertz CT molecular complexity index is 947. The molecule has 0 fully saturated rings. The molecule has 0 saturated heterocycles. The molecule has 6 heteroatoms. The fourth-order valence-corrected chi connectivity index (χ4v) is 2.49. The second kappa shape index (κ2) is 6.86. The number of phenolic OH excluding ortho intramolecular Hbond substituents is 2. The first kappa shape index (κ1) is 16.9. The molecule has 1 heterocycles. The van der Waals surface area contributed by atoms with Crippen LogP contribution in [0.25, 0.3) is 22.3 Å². The van der Waals surface area contributed by atoms with E-state index in [1.165, 1.54) is 6.07 Å². The highest BCUT2D eigenvalue weighted by Crippen LogP contribution is 2.40. The maximum absolute atomic E-state index is 12.5. The summed E-state index contributed by atoms with van der Waals surface area (Å²) in [5, 5.41) is 20.2. The van der Waals surface area contributed by atoms with Crippen molar-refractivity contribution >= 4 is 11.0 Å². The smallest absolute Gasteiger partial charge is 0.205 e. The molecule has 1 aromatic heterocycles. The lowest BCUT2D eigenvalue weighted by molar-refractivity contribution is 0.252. The Balaban J connectivity index is 2.17. The fourth-order valence-electron chi connectivity index (χ4n) is 2.49. The van der Waals surface area contributed by atoms with Gasteiger partial charge in [0.1, 0.15) is 23.5 Å². The van der Waals surface area contributed by atoms with E-state index in [2.05, 4.69) is 0 Å². The van der Waals surface area contributed by atoms with Crippen LogP contribution in [0.4, 0.5) is 0 Å². The van der Waals surface area contributed by atoms with Crippen LogP contribution < -0.4 is 10.2 Å². The van der Waals surface area contributed by atoms with Crippen LogP contribution in [0.1, 0.15) is 0 Å². The molecule has 0 aliphatic heterocycles. The van der Waals surface area contributed by atoms with Gasteiger partial charge in [0, 0.05) is 24.2 Å². The first-order chi connectivity index (χ1) is 12.0. The second-order valence-electron chi connectivity index (χ2n) is 5.94. The molecule has 0 aliphatic rings. The zero-order chi connectivity index (χ0) is 18.0. The summed E-state index contributed by atoms with van der Waals surface area (Å²) >= 11 is 0. The van der Waals surface area contributed by atoms with Crippen LogP contribution >= 0.6 is 0 Å². The predicted octanol–water partition coefficient (Wildman–Crippen LogP) is 2.81. The summed E-state index contributed by atoms with van der Waals surface area (Å²) in [4.78, 5) is 14.4. The highest BCUT2D eigenvalue weighted by atomic mass is 16.5. The Morgan fingerprint density at radius 1 is 1.08 bits per heavy atom. The van der Waals surface area contributed by atoms with Gasteiger partial charge in [-0.3, -0.25) is 4.79 Å². The summed E-state index contributed by atoms with van der Waals surface area (Å²) in [6.45, 7) is 0.907. The third kappa shape index (κ3) is 3.44. The Labute approximate surface area is 144 Å². The third-order valence-electron chi connectivity index (χ3n) is 3.76. The van der Waals surface area contributed by atoms with E-state index in [1.807, 2.05) is 37.2 Å². The van der Waals surface area contributed by atoms with Crippen molar-refractivity contribution in [1.29, 1.82) is 0 Å². The monoisotopic (exact) mass is 341 g/mol. The molecule has 130 valence electrons. The van der Waals surface area contributed by atoms with Crippen LogP contribution in [0, 0.1) is 0 Å². The van der Waals surface area contributed by atoms with Gasteiger partial charge in [0.05, 0.1) is 0 Å². The van der Waals surface area contributed by atoms with E-state index in [1.54, 1.807) is 12.1 Å². The molecule has 3 rings (SSSR count). The number of hydrogen-bond donors (Lipinski definition) is 2. The number of fused-ring (bicyclic) bond motifs is 1. The van der Waals surface area contributed by atoms with Crippen molar-refractivity contribution in [2.75, 3.05) is 27.2 Å². The van der Waals surface area contributed by atoms with Gasteiger partial charge < -0.3 is 24.3 Å². The molecule has 6 nitrogen and oxygen atoms in total. The van der Waals surface area contributed by atoms with Crippen molar-refractivity contribution in [2.45, 2.75) is 0 Å². The van der Waals surface area contributed by atoms with Gasteiger partial charge in [-0.1, -0.05) is 30.3 Å². The van der Waals surface area contributed by atoms with Crippen molar-refractivity contribution in [3.63, 3.8) is 0 Å². The van der Waals surface area contributed by atoms with Gasteiger partial charge in [0.2, 0.25) is 5.75 Å². The van der Waals surface area contributed by atoms with Crippen LogP contribution in [0.5, 0.6) is 17.2 Å². The Kier molecular flexibility index (Phi) is 4.63. The standard InChI is InChI=1S/C19H19NO5/c1-20(2)8-9-24-18-15(23)10-13(21)17-14(22)11-16(25-19(17)18)12-6-4-3-5-7-12/h3-7,10-11,21,23H,8-9H2,1-2H3. The van der Waals surface area contributed by atoms with E-state index in [0.717, 1.165) is 6.07 Å². The first-order valence-corrected chi connectivity index (χ1v) is 7.83. The zero-order valence-electron chi connectivity index (χ0n) is 14.0. The minimum absolute atomic E-state index is 0.0164. The molecular formula is C19H19NO5. The van der Waals surface area contributed by atoms with E-state index < -0.39 is 5.43 Å². The van der Waals surface area contributed by atoms with Crippen molar-refractivity contribution in [1.82, 2.24) is 4.90 Å². The van der Waals surface area contributed by atoms with Crippen LogP contribution in [-0.2, 0) is 0 Å². The van der Waals surface area contributed by atoms with Crippen molar-refractivity contribution in [3.8, 4) is 28.6 Å². The third-order valence-corrected chi connectivity index (χ3v) is 3.76. The van der Waals surface area contributed by atoms with Crippen LogP contribution in [0.3, 0.4) is 0 Å².